The van der Waals surface area contributed by atoms with E-state index in [-0.39, 0.29) is 0 Å². The molecule has 1 fully saturated rings. The highest BCUT2D eigenvalue weighted by molar-refractivity contribution is 7.18. The Morgan fingerprint density at radius 3 is 2.58 bits per heavy atom. The standard InChI is InChI=1S/C14H20N4S/c1-4-17-5-7-18(8-6-17)13-12-9-10(2)19-14(12)16-11(3)15-13/h9H,4-8H2,1-3H3. The van der Waals surface area contributed by atoms with Crippen molar-refractivity contribution in [3.8, 4) is 0 Å². The second kappa shape index (κ2) is 5.06. The van der Waals surface area contributed by atoms with Gasteiger partial charge in [0.1, 0.15) is 16.5 Å². The molecule has 2 aromatic rings. The molecule has 1 aliphatic heterocycles. The lowest BCUT2D eigenvalue weighted by Gasteiger charge is -2.35. The van der Waals surface area contributed by atoms with Crippen molar-refractivity contribution in [3.63, 3.8) is 0 Å². The Kier molecular flexibility index (Phi) is 3.41. The molecule has 2 aromatic heterocycles. The molecule has 0 atom stereocenters. The minimum atomic E-state index is 0.877. The molecule has 4 nitrogen and oxygen atoms in total. The lowest BCUT2D eigenvalue weighted by molar-refractivity contribution is 0.270. The number of piperazine rings is 1. The number of hydrogen-bond donors (Lipinski definition) is 0. The summed E-state index contributed by atoms with van der Waals surface area (Å²) in [6, 6.07) is 2.22. The maximum absolute atomic E-state index is 4.69. The van der Waals surface area contributed by atoms with Crippen molar-refractivity contribution in [2.45, 2.75) is 20.8 Å². The van der Waals surface area contributed by atoms with E-state index < -0.39 is 0 Å². The second-order valence-corrected chi connectivity index (χ2v) is 6.33. The third-order valence-corrected chi connectivity index (χ3v) is 4.67. The first-order chi connectivity index (χ1) is 9.17. The number of rotatable bonds is 2. The number of nitrogens with zero attached hydrogens (tertiary/aromatic N) is 4. The van der Waals surface area contributed by atoms with Gasteiger partial charge in [0, 0.05) is 31.1 Å². The van der Waals surface area contributed by atoms with Crippen molar-refractivity contribution in [2.24, 2.45) is 0 Å². The third kappa shape index (κ3) is 2.44. The number of hydrogen-bond acceptors (Lipinski definition) is 5. The van der Waals surface area contributed by atoms with Crippen molar-refractivity contribution in [1.29, 1.82) is 0 Å². The summed E-state index contributed by atoms with van der Waals surface area (Å²) in [5.41, 5.74) is 0. The summed E-state index contributed by atoms with van der Waals surface area (Å²) in [5.74, 6) is 2.00. The van der Waals surface area contributed by atoms with Gasteiger partial charge < -0.3 is 9.80 Å². The molecular formula is C14H20N4S. The molecule has 102 valence electrons. The van der Waals surface area contributed by atoms with Crippen LogP contribution in [0.5, 0.6) is 0 Å². The first-order valence-corrected chi connectivity index (χ1v) is 7.71. The van der Waals surface area contributed by atoms with Gasteiger partial charge in [-0.1, -0.05) is 6.92 Å². The van der Waals surface area contributed by atoms with E-state index in [2.05, 4.69) is 34.7 Å². The van der Waals surface area contributed by atoms with Crippen LogP contribution in [-0.2, 0) is 0 Å². The molecule has 0 N–H and O–H groups in total. The number of aromatic nitrogens is 2. The van der Waals surface area contributed by atoms with Crippen molar-refractivity contribution in [1.82, 2.24) is 14.9 Å². The molecule has 3 heterocycles. The van der Waals surface area contributed by atoms with Crippen LogP contribution in [-0.4, -0.2) is 47.6 Å². The summed E-state index contributed by atoms with van der Waals surface area (Å²) in [4.78, 5) is 16.6. The maximum atomic E-state index is 4.69. The molecule has 1 saturated heterocycles. The van der Waals surface area contributed by atoms with Gasteiger partial charge in [-0.2, -0.15) is 0 Å². The van der Waals surface area contributed by atoms with Crippen LogP contribution >= 0.6 is 11.3 Å². The monoisotopic (exact) mass is 276 g/mol. The zero-order valence-electron chi connectivity index (χ0n) is 11.8. The van der Waals surface area contributed by atoms with E-state index in [9.17, 15) is 0 Å². The van der Waals surface area contributed by atoms with Crippen molar-refractivity contribution in [3.05, 3.63) is 16.8 Å². The van der Waals surface area contributed by atoms with E-state index in [1.807, 2.05) is 6.92 Å². The highest BCUT2D eigenvalue weighted by atomic mass is 32.1. The Bertz CT molecular complexity index is 584. The van der Waals surface area contributed by atoms with E-state index in [4.69, 9.17) is 4.98 Å². The number of fused-ring (bicyclic) bond motifs is 1. The van der Waals surface area contributed by atoms with Crippen LogP contribution in [0, 0.1) is 13.8 Å². The Morgan fingerprint density at radius 2 is 1.89 bits per heavy atom. The van der Waals surface area contributed by atoms with Crippen molar-refractivity contribution in [2.75, 3.05) is 37.6 Å². The normalized spacial score (nSPS) is 17.3. The van der Waals surface area contributed by atoms with E-state index in [0.717, 1.165) is 49.2 Å². The SMILES string of the molecule is CCN1CCN(c2nc(C)nc3sc(C)cc23)CC1. The van der Waals surface area contributed by atoms with Crippen LogP contribution in [0.1, 0.15) is 17.6 Å². The molecule has 0 amide bonds. The van der Waals surface area contributed by atoms with Gasteiger partial charge in [0.05, 0.1) is 5.39 Å². The summed E-state index contributed by atoms with van der Waals surface area (Å²) in [7, 11) is 0. The predicted octanol–water partition coefficient (Wildman–Crippen LogP) is 2.45. The molecule has 5 heteroatoms. The topological polar surface area (TPSA) is 32.3 Å². The Morgan fingerprint density at radius 1 is 1.16 bits per heavy atom. The van der Waals surface area contributed by atoms with E-state index in [1.165, 1.54) is 10.3 Å². The number of thiophene rings is 1. The van der Waals surface area contributed by atoms with E-state index in [0.29, 0.717) is 0 Å². The fourth-order valence-corrected chi connectivity index (χ4v) is 3.57. The fourth-order valence-electron chi connectivity index (χ4n) is 2.65. The third-order valence-electron chi connectivity index (χ3n) is 3.73. The van der Waals surface area contributed by atoms with Gasteiger partial charge in [0.25, 0.3) is 0 Å². The number of likely N-dealkylation sites (N-methyl/N-ethyl adjacent to an activating group) is 1. The largest absolute Gasteiger partial charge is 0.353 e. The van der Waals surface area contributed by atoms with Gasteiger partial charge in [0.2, 0.25) is 0 Å². The minimum Gasteiger partial charge on any atom is -0.353 e. The summed E-state index contributed by atoms with van der Waals surface area (Å²) in [6.45, 7) is 11.9. The molecule has 0 bridgehead atoms. The van der Waals surface area contributed by atoms with Gasteiger partial charge >= 0.3 is 0 Å². The average molecular weight is 276 g/mol. The van der Waals surface area contributed by atoms with Crippen LogP contribution in [0.4, 0.5) is 5.82 Å². The van der Waals surface area contributed by atoms with Crippen LogP contribution < -0.4 is 4.90 Å². The minimum absolute atomic E-state index is 0.877. The quantitative estimate of drug-likeness (QED) is 0.843. The first kappa shape index (κ1) is 12.8. The summed E-state index contributed by atoms with van der Waals surface area (Å²) in [6.07, 6.45) is 0. The smallest absolute Gasteiger partial charge is 0.141 e. The molecule has 19 heavy (non-hydrogen) atoms. The summed E-state index contributed by atoms with van der Waals surface area (Å²) in [5, 5.41) is 1.22. The van der Waals surface area contributed by atoms with Crippen LogP contribution in [0.25, 0.3) is 10.2 Å². The van der Waals surface area contributed by atoms with Gasteiger partial charge in [-0.05, 0) is 26.5 Å². The molecular weight excluding hydrogens is 256 g/mol. The lowest BCUT2D eigenvalue weighted by atomic mass is 10.2. The molecule has 1 aliphatic rings. The summed E-state index contributed by atoms with van der Waals surface area (Å²) < 4.78 is 0. The summed E-state index contributed by atoms with van der Waals surface area (Å²) >= 11 is 1.76. The van der Waals surface area contributed by atoms with Gasteiger partial charge in [-0.15, -0.1) is 11.3 Å². The maximum Gasteiger partial charge on any atom is 0.141 e. The van der Waals surface area contributed by atoms with Crippen LogP contribution in [0.15, 0.2) is 6.07 Å². The Hall–Kier alpha value is -1.20. The van der Waals surface area contributed by atoms with Crippen molar-refractivity contribution < 1.29 is 0 Å². The molecule has 0 spiro atoms. The molecule has 0 saturated carbocycles. The van der Waals surface area contributed by atoms with Crippen LogP contribution in [0.3, 0.4) is 0 Å². The highest BCUT2D eigenvalue weighted by Crippen LogP contribution is 2.30. The zero-order valence-corrected chi connectivity index (χ0v) is 12.6. The average Bonchev–Trinajstić information content (AvgIpc) is 2.78. The van der Waals surface area contributed by atoms with E-state index in [1.54, 1.807) is 11.3 Å². The molecule has 0 aromatic carbocycles. The predicted molar refractivity (Wildman–Crippen MR) is 81.2 cm³/mol. The molecule has 3 rings (SSSR count). The van der Waals surface area contributed by atoms with Crippen LogP contribution in [0.2, 0.25) is 0 Å². The van der Waals surface area contributed by atoms with Gasteiger partial charge in [-0.25, -0.2) is 9.97 Å². The van der Waals surface area contributed by atoms with Gasteiger partial charge in [0.15, 0.2) is 0 Å². The Balaban J connectivity index is 1.96. The number of aryl methyl sites for hydroxylation is 2. The molecule has 0 radical (unpaired) electrons. The van der Waals surface area contributed by atoms with E-state index >= 15 is 0 Å². The first-order valence-electron chi connectivity index (χ1n) is 6.89. The fraction of sp³-hybridized carbons (Fsp3) is 0.571. The molecule has 0 unspecified atom stereocenters. The van der Waals surface area contributed by atoms with Gasteiger partial charge in [-0.3, -0.25) is 0 Å². The molecule has 0 aliphatic carbocycles. The second-order valence-electron chi connectivity index (χ2n) is 5.09. The highest BCUT2D eigenvalue weighted by Gasteiger charge is 2.20. The lowest BCUT2D eigenvalue weighted by Crippen LogP contribution is -2.46. The number of anilines is 1. The van der Waals surface area contributed by atoms with Crippen molar-refractivity contribution >= 4 is 27.4 Å². The Labute approximate surface area is 118 Å². The zero-order chi connectivity index (χ0) is 13.4.